The highest BCUT2D eigenvalue weighted by molar-refractivity contribution is 7.70. The molecule has 0 aliphatic carbocycles. The summed E-state index contributed by atoms with van der Waals surface area (Å²) >= 11 is 0. The van der Waals surface area contributed by atoms with Crippen LogP contribution in [0.1, 0.15) is 41.5 Å². The normalized spacial score (nSPS) is 13.8. The molecule has 0 saturated carbocycles. The molecular formula is C30H36N4P2. The van der Waals surface area contributed by atoms with Crippen LogP contribution in [0.5, 0.6) is 0 Å². The molecule has 6 heteroatoms. The molecule has 0 spiro atoms. The highest BCUT2D eigenvalue weighted by Gasteiger charge is 2.32. The smallest absolute Gasteiger partial charge is 0.0893 e. The summed E-state index contributed by atoms with van der Waals surface area (Å²) in [6.07, 6.45) is 5.91. The summed E-state index contributed by atoms with van der Waals surface area (Å²) in [6, 6.07) is 24.8. The highest BCUT2D eigenvalue weighted by Crippen LogP contribution is 2.54. The molecule has 0 fully saturated rings. The Morgan fingerprint density at radius 3 is 1.22 bits per heavy atom. The van der Waals surface area contributed by atoms with E-state index in [0.29, 0.717) is 0 Å². The first kappa shape index (κ1) is 26.5. The van der Waals surface area contributed by atoms with E-state index in [1.165, 1.54) is 10.9 Å². The van der Waals surface area contributed by atoms with Gasteiger partial charge in [0.2, 0.25) is 0 Å². The van der Waals surface area contributed by atoms with Crippen LogP contribution in [-0.2, 0) is 0 Å². The SMILES string of the molecule is CC(C)(C)P(CCP(c1cccc(-c2ccccn2)n1)C(C)(C)C)c1cccc(-c2ccccn2)n1. The molecule has 4 rings (SSSR count). The van der Waals surface area contributed by atoms with Crippen LogP contribution in [0.4, 0.5) is 0 Å². The predicted molar refractivity (Wildman–Crippen MR) is 157 cm³/mol. The Balaban J connectivity index is 1.63. The van der Waals surface area contributed by atoms with Gasteiger partial charge < -0.3 is 0 Å². The first-order chi connectivity index (χ1) is 17.1. The van der Waals surface area contributed by atoms with Crippen molar-refractivity contribution in [3.05, 3.63) is 85.2 Å². The fourth-order valence-electron chi connectivity index (χ4n) is 4.25. The molecule has 4 aromatic rings. The second-order valence-corrected chi connectivity index (χ2v) is 17.0. The van der Waals surface area contributed by atoms with Gasteiger partial charge in [0.1, 0.15) is 0 Å². The number of hydrogen-bond acceptors (Lipinski definition) is 4. The lowest BCUT2D eigenvalue weighted by Crippen LogP contribution is -2.28. The van der Waals surface area contributed by atoms with Crippen LogP contribution < -0.4 is 10.9 Å². The zero-order valence-corrected chi connectivity index (χ0v) is 24.0. The topological polar surface area (TPSA) is 51.6 Å². The molecular weight excluding hydrogens is 478 g/mol. The minimum absolute atomic E-state index is 0.146. The summed E-state index contributed by atoms with van der Waals surface area (Å²) in [7, 11) is -0.975. The fourth-order valence-corrected chi connectivity index (χ4v) is 10.0. The number of nitrogens with zero attached hydrogens (tertiary/aromatic N) is 4. The maximum Gasteiger partial charge on any atom is 0.0893 e. The Labute approximate surface area is 218 Å². The highest BCUT2D eigenvalue weighted by atomic mass is 31.1. The summed E-state index contributed by atoms with van der Waals surface area (Å²) in [4.78, 5) is 19.3. The van der Waals surface area contributed by atoms with Crippen molar-refractivity contribution < 1.29 is 0 Å². The molecule has 0 N–H and O–H groups in total. The van der Waals surface area contributed by atoms with Crippen molar-refractivity contribution in [3.8, 4) is 22.8 Å². The lowest BCUT2D eigenvalue weighted by atomic mass is 10.2. The molecule has 4 heterocycles. The van der Waals surface area contributed by atoms with Crippen LogP contribution >= 0.6 is 15.8 Å². The molecule has 0 radical (unpaired) electrons. The van der Waals surface area contributed by atoms with Crippen LogP contribution in [0, 0.1) is 0 Å². The molecule has 36 heavy (non-hydrogen) atoms. The third kappa shape index (κ3) is 6.61. The number of aromatic nitrogens is 4. The summed E-state index contributed by atoms with van der Waals surface area (Å²) in [6.45, 7) is 14.1. The van der Waals surface area contributed by atoms with Gasteiger partial charge in [-0.25, -0.2) is 9.97 Å². The Morgan fingerprint density at radius 2 is 0.889 bits per heavy atom. The Kier molecular flexibility index (Phi) is 8.28. The van der Waals surface area contributed by atoms with Crippen molar-refractivity contribution in [3.63, 3.8) is 0 Å². The van der Waals surface area contributed by atoms with Gasteiger partial charge in [-0.15, -0.1) is 0 Å². The Bertz CT molecular complexity index is 1160. The first-order valence-corrected chi connectivity index (χ1v) is 15.5. The van der Waals surface area contributed by atoms with Gasteiger partial charge in [0, 0.05) is 12.4 Å². The third-order valence-corrected chi connectivity index (χ3v) is 12.6. The monoisotopic (exact) mass is 514 g/mol. The standard InChI is InChI=1S/C30H36N4P2/c1-29(2,3)35(27-17-11-15-25(33-27)23-13-7-9-19-31-23)21-22-36(30(4,5)6)28-18-12-16-26(34-28)24-14-8-10-20-32-24/h7-20H,21-22H2,1-6H3. The lowest BCUT2D eigenvalue weighted by Gasteiger charge is -2.36. The Morgan fingerprint density at radius 1 is 0.500 bits per heavy atom. The predicted octanol–water partition coefficient (Wildman–Crippen LogP) is 7.11. The molecule has 2 unspecified atom stereocenters. The summed E-state index contributed by atoms with van der Waals surface area (Å²) in [5.41, 5.74) is 6.17. The maximum atomic E-state index is 5.13. The van der Waals surface area contributed by atoms with E-state index in [0.717, 1.165) is 35.1 Å². The Hall–Kier alpha value is -2.54. The largest absolute Gasteiger partial charge is 0.255 e. The zero-order valence-electron chi connectivity index (χ0n) is 22.2. The van der Waals surface area contributed by atoms with E-state index in [4.69, 9.17) is 9.97 Å². The van der Waals surface area contributed by atoms with Crippen molar-refractivity contribution in [2.24, 2.45) is 0 Å². The fraction of sp³-hybridized carbons (Fsp3) is 0.333. The summed E-state index contributed by atoms with van der Waals surface area (Å²) < 4.78 is 0. The zero-order chi connectivity index (χ0) is 25.8. The lowest BCUT2D eigenvalue weighted by molar-refractivity contribution is 0.779. The van der Waals surface area contributed by atoms with Crippen LogP contribution in [0.3, 0.4) is 0 Å². The average molecular weight is 515 g/mol. The average Bonchev–Trinajstić information content (AvgIpc) is 2.86. The van der Waals surface area contributed by atoms with E-state index in [-0.39, 0.29) is 10.3 Å². The van der Waals surface area contributed by atoms with E-state index in [2.05, 4.69) is 87.9 Å². The van der Waals surface area contributed by atoms with E-state index in [1.54, 1.807) is 0 Å². The van der Waals surface area contributed by atoms with Crippen molar-refractivity contribution in [1.29, 1.82) is 0 Å². The molecule has 0 bridgehead atoms. The van der Waals surface area contributed by atoms with Gasteiger partial charge >= 0.3 is 0 Å². The van der Waals surface area contributed by atoms with Crippen molar-refractivity contribution in [2.45, 2.75) is 51.9 Å². The minimum atomic E-state index is -0.488. The van der Waals surface area contributed by atoms with Crippen molar-refractivity contribution >= 4 is 26.7 Å². The summed E-state index contributed by atoms with van der Waals surface area (Å²) in [5.74, 6) is 0. The minimum Gasteiger partial charge on any atom is -0.255 e. The molecule has 4 nitrogen and oxygen atoms in total. The van der Waals surface area contributed by atoms with Crippen LogP contribution in [0.25, 0.3) is 22.8 Å². The van der Waals surface area contributed by atoms with Gasteiger partial charge in [0.15, 0.2) is 0 Å². The molecule has 0 saturated heterocycles. The van der Waals surface area contributed by atoms with Gasteiger partial charge in [-0.3, -0.25) is 9.97 Å². The molecule has 0 aromatic carbocycles. The van der Waals surface area contributed by atoms with E-state index < -0.39 is 15.8 Å². The molecule has 2 atom stereocenters. The van der Waals surface area contributed by atoms with Crippen molar-refractivity contribution in [2.75, 3.05) is 12.3 Å². The molecule has 186 valence electrons. The number of pyridine rings is 4. The second-order valence-electron chi connectivity index (χ2n) is 10.8. The molecule has 4 aromatic heterocycles. The number of hydrogen-bond donors (Lipinski definition) is 0. The van der Waals surface area contributed by atoms with Crippen LogP contribution in [0.2, 0.25) is 0 Å². The molecule has 0 amide bonds. The van der Waals surface area contributed by atoms with Crippen LogP contribution in [0.15, 0.2) is 85.2 Å². The summed E-state index contributed by atoms with van der Waals surface area (Å²) in [5, 5.41) is 0.292. The first-order valence-electron chi connectivity index (χ1n) is 12.5. The molecule has 0 aliphatic heterocycles. The quantitative estimate of drug-likeness (QED) is 0.247. The third-order valence-electron chi connectivity index (χ3n) is 6.04. The van der Waals surface area contributed by atoms with Gasteiger partial charge in [-0.05, 0) is 87.0 Å². The van der Waals surface area contributed by atoms with Gasteiger partial charge in [-0.1, -0.05) is 65.8 Å². The van der Waals surface area contributed by atoms with Crippen LogP contribution in [-0.4, -0.2) is 42.6 Å². The second kappa shape index (κ2) is 11.2. The van der Waals surface area contributed by atoms with Gasteiger partial charge in [0.05, 0.1) is 33.6 Å². The van der Waals surface area contributed by atoms with Gasteiger partial charge in [-0.2, -0.15) is 0 Å². The van der Waals surface area contributed by atoms with E-state index in [1.807, 2.05) is 48.8 Å². The van der Waals surface area contributed by atoms with Gasteiger partial charge in [0.25, 0.3) is 0 Å². The number of rotatable bonds is 7. The molecule has 0 aliphatic rings. The maximum absolute atomic E-state index is 5.13. The van der Waals surface area contributed by atoms with E-state index >= 15 is 0 Å². The van der Waals surface area contributed by atoms with E-state index in [9.17, 15) is 0 Å². The van der Waals surface area contributed by atoms with Crippen molar-refractivity contribution in [1.82, 2.24) is 19.9 Å².